The first-order chi connectivity index (χ1) is 6.50. The number of hydrogen-bond acceptors (Lipinski definition) is 1. The van der Waals surface area contributed by atoms with E-state index in [4.69, 9.17) is 16.7 Å². The largest absolute Gasteiger partial charge is 0.481 e. The first-order valence-corrected chi connectivity index (χ1v) is 5.34. The van der Waals surface area contributed by atoms with E-state index in [1.54, 1.807) is 13.0 Å². The Balaban J connectivity index is 2.78. The fourth-order valence-electron chi connectivity index (χ4n) is 1.11. The molecule has 0 aliphatic carbocycles. The normalized spacial score (nSPS) is 12.5. The maximum absolute atomic E-state index is 10.6. The summed E-state index contributed by atoms with van der Waals surface area (Å²) in [6.45, 7) is 1.69. The van der Waals surface area contributed by atoms with E-state index in [9.17, 15) is 4.79 Å². The molecule has 0 unspecified atom stereocenters. The van der Waals surface area contributed by atoms with E-state index in [-0.39, 0.29) is 5.92 Å². The second kappa shape index (κ2) is 4.80. The SMILES string of the molecule is C[C@@H](Cc1ccc(Cl)c(Br)c1)C(=O)O. The molecule has 1 aromatic rings. The summed E-state index contributed by atoms with van der Waals surface area (Å²) in [5.41, 5.74) is 0.969. The average molecular weight is 278 g/mol. The predicted molar refractivity (Wildman–Crippen MR) is 59.7 cm³/mol. The number of benzene rings is 1. The van der Waals surface area contributed by atoms with Crippen LogP contribution in [0.25, 0.3) is 0 Å². The molecule has 1 N–H and O–H groups in total. The van der Waals surface area contributed by atoms with E-state index in [1.165, 1.54) is 0 Å². The van der Waals surface area contributed by atoms with Gasteiger partial charge in [-0.25, -0.2) is 0 Å². The molecule has 1 aromatic carbocycles. The van der Waals surface area contributed by atoms with Gasteiger partial charge < -0.3 is 5.11 Å². The van der Waals surface area contributed by atoms with Crippen molar-refractivity contribution in [3.8, 4) is 0 Å². The summed E-state index contributed by atoms with van der Waals surface area (Å²) >= 11 is 9.11. The van der Waals surface area contributed by atoms with E-state index >= 15 is 0 Å². The van der Waals surface area contributed by atoms with Crippen molar-refractivity contribution < 1.29 is 9.90 Å². The summed E-state index contributed by atoms with van der Waals surface area (Å²) in [4.78, 5) is 10.6. The smallest absolute Gasteiger partial charge is 0.306 e. The summed E-state index contributed by atoms with van der Waals surface area (Å²) in [5.74, 6) is -1.15. The molecule has 0 aliphatic rings. The highest BCUT2D eigenvalue weighted by Gasteiger charge is 2.11. The van der Waals surface area contributed by atoms with Gasteiger partial charge in [0.1, 0.15) is 0 Å². The van der Waals surface area contributed by atoms with E-state index in [0.717, 1.165) is 10.0 Å². The van der Waals surface area contributed by atoms with Gasteiger partial charge in [0, 0.05) is 4.47 Å². The molecule has 0 heterocycles. The molecule has 0 aromatic heterocycles. The number of carbonyl (C=O) groups is 1. The van der Waals surface area contributed by atoms with Crippen molar-refractivity contribution in [2.75, 3.05) is 0 Å². The first-order valence-electron chi connectivity index (χ1n) is 4.17. The quantitative estimate of drug-likeness (QED) is 0.920. The number of aliphatic carboxylic acids is 1. The van der Waals surface area contributed by atoms with Crippen molar-refractivity contribution in [1.29, 1.82) is 0 Å². The lowest BCUT2D eigenvalue weighted by atomic mass is 10.0. The number of rotatable bonds is 3. The molecule has 0 radical (unpaired) electrons. The van der Waals surface area contributed by atoms with Gasteiger partial charge in [-0.05, 0) is 40.0 Å². The third kappa shape index (κ3) is 3.00. The first kappa shape index (κ1) is 11.5. The van der Waals surface area contributed by atoms with Crippen LogP contribution in [0.2, 0.25) is 5.02 Å². The Morgan fingerprint density at radius 3 is 2.79 bits per heavy atom. The minimum atomic E-state index is -0.781. The maximum atomic E-state index is 10.6. The molecule has 4 heteroatoms. The van der Waals surface area contributed by atoms with Gasteiger partial charge in [-0.15, -0.1) is 0 Å². The van der Waals surface area contributed by atoms with Gasteiger partial charge in [0.2, 0.25) is 0 Å². The van der Waals surface area contributed by atoms with Crippen LogP contribution in [0.4, 0.5) is 0 Å². The van der Waals surface area contributed by atoms with Gasteiger partial charge in [-0.3, -0.25) is 4.79 Å². The minimum Gasteiger partial charge on any atom is -0.481 e. The summed E-state index contributed by atoms with van der Waals surface area (Å²) in [5, 5.41) is 9.37. The van der Waals surface area contributed by atoms with Gasteiger partial charge >= 0.3 is 5.97 Å². The van der Waals surface area contributed by atoms with Crippen molar-refractivity contribution >= 4 is 33.5 Å². The van der Waals surface area contributed by atoms with Crippen LogP contribution in [-0.4, -0.2) is 11.1 Å². The molecule has 76 valence electrons. The maximum Gasteiger partial charge on any atom is 0.306 e. The highest BCUT2D eigenvalue weighted by molar-refractivity contribution is 9.10. The molecule has 0 saturated heterocycles. The van der Waals surface area contributed by atoms with Crippen LogP contribution in [0.15, 0.2) is 22.7 Å². The van der Waals surface area contributed by atoms with Crippen molar-refractivity contribution in [3.05, 3.63) is 33.3 Å². The van der Waals surface area contributed by atoms with Gasteiger partial charge in [0.15, 0.2) is 0 Å². The third-order valence-corrected chi connectivity index (χ3v) is 3.16. The van der Waals surface area contributed by atoms with Crippen molar-refractivity contribution in [3.63, 3.8) is 0 Å². The third-order valence-electron chi connectivity index (χ3n) is 1.95. The summed E-state index contributed by atoms with van der Waals surface area (Å²) in [6.07, 6.45) is 0.519. The lowest BCUT2D eigenvalue weighted by Crippen LogP contribution is -2.12. The molecule has 0 amide bonds. The van der Waals surface area contributed by atoms with E-state index in [1.807, 2.05) is 12.1 Å². The van der Waals surface area contributed by atoms with Crippen molar-refractivity contribution in [2.24, 2.45) is 5.92 Å². The van der Waals surface area contributed by atoms with Crippen LogP contribution in [0.1, 0.15) is 12.5 Å². The Hall–Kier alpha value is -0.540. The van der Waals surface area contributed by atoms with Gasteiger partial charge in [0.05, 0.1) is 10.9 Å². The van der Waals surface area contributed by atoms with Gasteiger partial charge in [0.25, 0.3) is 0 Å². The molecule has 0 fully saturated rings. The Morgan fingerprint density at radius 2 is 2.29 bits per heavy atom. The van der Waals surface area contributed by atoms with E-state index < -0.39 is 5.97 Å². The zero-order valence-electron chi connectivity index (χ0n) is 7.63. The zero-order chi connectivity index (χ0) is 10.7. The molecular formula is C10H10BrClO2. The second-order valence-electron chi connectivity index (χ2n) is 3.19. The molecule has 0 spiro atoms. The fourth-order valence-corrected chi connectivity index (χ4v) is 1.65. The number of carboxylic acid groups (broad SMARTS) is 1. The Kier molecular flexibility index (Phi) is 3.96. The molecule has 1 rings (SSSR count). The van der Waals surface area contributed by atoms with Crippen LogP contribution in [0, 0.1) is 5.92 Å². The van der Waals surface area contributed by atoms with E-state index in [0.29, 0.717) is 11.4 Å². The second-order valence-corrected chi connectivity index (χ2v) is 4.45. The van der Waals surface area contributed by atoms with Crippen LogP contribution < -0.4 is 0 Å². The highest BCUT2D eigenvalue weighted by Crippen LogP contribution is 2.24. The Bertz CT molecular complexity index is 352. The van der Waals surface area contributed by atoms with Crippen LogP contribution in [-0.2, 0) is 11.2 Å². The van der Waals surface area contributed by atoms with Gasteiger partial charge in [-0.1, -0.05) is 24.6 Å². The summed E-state index contributed by atoms with van der Waals surface area (Å²) in [7, 11) is 0. The standard InChI is InChI=1S/C10H10BrClO2/c1-6(10(13)14)4-7-2-3-9(12)8(11)5-7/h2-3,5-6H,4H2,1H3,(H,13,14)/t6-/m0/s1. The topological polar surface area (TPSA) is 37.3 Å². The van der Waals surface area contributed by atoms with Crippen LogP contribution in [0.5, 0.6) is 0 Å². The van der Waals surface area contributed by atoms with E-state index in [2.05, 4.69) is 15.9 Å². The molecule has 1 atom stereocenters. The minimum absolute atomic E-state index is 0.372. The summed E-state index contributed by atoms with van der Waals surface area (Å²) < 4.78 is 0.800. The Labute approximate surface area is 96.0 Å². The van der Waals surface area contributed by atoms with Crippen molar-refractivity contribution in [2.45, 2.75) is 13.3 Å². The summed E-state index contributed by atoms with van der Waals surface area (Å²) in [6, 6.07) is 5.45. The zero-order valence-corrected chi connectivity index (χ0v) is 9.97. The molecule has 14 heavy (non-hydrogen) atoms. The fraction of sp³-hybridized carbons (Fsp3) is 0.300. The predicted octanol–water partition coefficient (Wildman–Crippen LogP) is 3.37. The molecule has 0 bridgehead atoms. The monoisotopic (exact) mass is 276 g/mol. The highest BCUT2D eigenvalue weighted by atomic mass is 79.9. The van der Waals surface area contributed by atoms with Crippen LogP contribution in [0.3, 0.4) is 0 Å². The lowest BCUT2D eigenvalue weighted by Gasteiger charge is -2.06. The molecule has 0 aliphatic heterocycles. The van der Waals surface area contributed by atoms with Gasteiger partial charge in [-0.2, -0.15) is 0 Å². The lowest BCUT2D eigenvalue weighted by molar-refractivity contribution is -0.141. The average Bonchev–Trinajstić information content (AvgIpc) is 2.11. The number of carboxylic acids is 1. The number of hydrogen-bond donors (Lipinski definition) is 1. The molecule has 0 saturated carbocycles. The van der Waals surface area contributed by atoms with Crippen LogP contribution >= 0.6 is 27.5 Å². The number of halogens is 2. The van der Waals surface area contributed by atoms with Crippen molar-refractivity contribution in [1.82, 2.24) is 0 Å². The Morgan fingerprint density at radius 1 is 1.64 bits per heavy atom. The molecule has 2 nitrogen and oxygen atoms in total. The molecular weight excluding hydrogens is 267 g/mol.